The molecule has 0 amide bonds. The smallest absolute Gasteiger partial charge is 0.195 e. The SMILES string of the molecule is C[C@@H](N)c1cc[nH]c1F. The molecular formula is C6H9FN2. The van der Waals surface area contributed by atoms with Gasteiger partial charge in [0.1, 0.15) is 0 Å². The zero-order chi connectivity index (χ0) is 6.85. The standard InChI is InChI=1S/C6H9FN2/c1-4(8)5-2-3-9-6(5)7/h2-4,9H,8H2,1H3/t4-/m1/s1. The van der Waals surface area contributed by atoms with E-state index in [2.05, 4.69) is 4.98 Å². The predicted octanol–water partition coefficient (Wildman–Crippen LogP) is 1.17. The molecule has 0 aromatic carbocycles. The second kappa shape index (κ2) is 2.19. The second-order valence-electron chi connectivity index (χ2n) is 2.04. The van der Waals surface area contributed by atoms with Crippen LogP contribution in [0.5, 0.6) is 0 Å². The van der Waals surface area contributed by atoms with Gasteiger partial charge in [-0.25, -0.2) is 0 Å². The maximum absolute atomic E-state index is 12.5. The lowest BCUT2D eigenvalue weighted by atomic mass is 10.2. The molecule has 2 nitrogen and oxygen atoms in total. The number of hydrogen-bond acceptors (Lipinski definition) is 1. The molecule has 0 spiro atoms. The minimum Gasteiger partial charge on any atom is -0.338 e. The van der Waals surface area contributed by atoms with Gasteiger partial charge >= 0.3 is 0 Å². The highest BCUT2D eigenvalue weighted by Gasteiger charge is 2.05. The van der Waals surface area contributed by atoms with Crippen LogP contribution >= 0.6 is 0 Å². The van der Waals surface area contributed by atoms with E-state index in [0.29, 0.717) is 5.56 Å². The molecule has 0 fully saturated rings. The number of hydrogen-bond donors (Lipinski definition) is 2. The fraction of sp³-hybridized carbons (Fsp3) is 0.333. The van der Waals surface area contributed by atoms with Crippen LogP contribution in [0.3, 0.4) is 0 Å². The Morgan fingerprint density at radius 3 is 2.67 bits per heavy atom. The van der Waals surface area contributed by atoms with Gasteiger partial charge in [0.2, 0.25) is 0 Å². The Morgan fingerprint density at radius 1 is 1.78 bits per heavy atom. The molecule has 0 aliphatic heterocycles. The second-order valence-corrected chi connectivity index (χ2v) is 2.04. The molecule has 0 saturated heterocycles. The summed E-state index contributed by atoms with van der Waals surface area (Å²) in [4.78, 5) is 2.40. The van der Waals surface area contributed by atoms with E-state index in [9.17, 15) is 4.39 Å². The molecule has 3 heteroatoms. The summed E-state index contributed by atoms with van der Waals surface area (Å²) in [6, 6.07) is 1.41. The zero-order valence-corrected chi connectivity index (χ0v) is 5.19. The van der Waals surface area contributed by atoms with Crippen molar-refractivity contribution >= 4 is 0 Å². The van der Waals surface area contributed by atoms with Gasteiger partial charge in [-0.2, -0.15) is 4.39 Å². The number of nitrogens with one attached hydrogen (secondary N) is 1. The van der Waals surface area contributed by atoms with Gasteiger partial charge in [0.15, 0.2) is 5.95 Å². The zero-order valence-electron chi connectivity index (χ0n) is 5.19. The topological polar surface area (TPSA) is 41.8 Å². The van der Waals surface area contributed by atoms with E-state index in [0.717, 1.165) is 0 Å². The molecule has 0 radical (unpaired) electrons. The van der Waals surface area contributed by atoms with Crippen LogP contribution in [-0.2, 0) is 0 Å². The van der Waals surface area contributed by atoms with Gasteiger partial charge in [0.25, 0.3) is 0 Å². The maximum atomic E-state index is 12.5. The number of halogens is 1. The Kier molecular flexibility index (Phi) is 1.53. The molecule has 3 N–H and O–H groups in total. The lowest BCUT2D eigenvalue weighted by Crippen LogP contribution is -2.05. The van der Waals surface area contributed by atoms with E-state index in [4.69, 9.17) is 5.73 Å². The molecular weight excluding hydrogens is 119 g/mol. The van der Waals surface area contributed by atoms with Crippen LogP contribution in [0, 0.1) is 5.95 Å². The summed E-state index contributed by atoms with van der Waals surface area (Å²) in [7, 11) is 0. The minimum absolute atomic E-state index is 0.226. The van der Waals surface area contributed by atoms with Crippen LogP contribution in [0.4, 0.5) is 4.39 Å². The summed E-state index contributed by atoms with van der Waals surface area (Å²) in [6.07, 6.45) is 1.54. The van der Waals surface area contributed by atoms with E-state index in [1.165, 1.54) is 6.20 Å². The van der Waals surface area contributed by atoms with Crippen molar-refractivity contribution in [2.45, 2.75) is 13.0 Å². The number of aromatic amines is 1. The van der Waals surface area contributed by atoms with Crippen LogP contribution in [0.15, 0.2) is 12.3 Å². The molecule has 1 atom stereocenters. The van der Waals surface area contributed by atoms with Crippen LogP contribution in [0.2, 0.25) is 0 Å². The highest BCUT2D eigenvalue weighted by Crippen LogP contribution is 2.11. The molecule has 0 aliphatic carbocycles. The predicted molar refractivity (Wildman–Crippen MR) is 33.4 cm³/mol. The fourth-order valence-corrected chi connectivity index (χ4v) is 0.713. The van der Waals surface area contributed by atoms with Crippen molar-refractivity contribution < 1.29 is 4.39 Å². The Labute approximate surface area is 52.9 Å². The summed E-state index contributed by atoms with van der Waals surface area (Å²) in [5.74, 6) is -0.329. The van der Waals surface area contributed by atoms with Gasteiger partial charge in [-0.15, -0.1) is 0 Å². The first kappa shape index (κ1) is 6.29. The molecule has 1 heterocycles. The molecule has 50 valence electrons. The van der Waals surface area contributed by atoms with E-state index in [1.807, 2.05) is 0 Å². The van der Waals surface area contributed by atoms with Crippen molar-refractivity contribution in [3.8, 4) is 0 Å². The third-order valence-electron chi connectivity index (χ3n) is 1.22. The first-order chi connectivity index (χ1) is 4.22. The molecule has 0 saturated carbocycles. The number of nitrogens with two attached hydrogens (primary N) is 1. The minimum atomic E-state index is -0.329. The summed E-state index contributed by atoms with van der Waals surface area (Å²) in [5.41, 5.74) is 5.94. The van der Waals surface area contributed by atoms with Crippen molar-refractivity contribution in [1.29, 1.82) is 0 Å². The van der Waals surface area contributed by atoms with Crippen molar-refractivity contribution in [2.24, 2.45) is 5.73 Å². The van der Waals surface area contributed by atoms with Gasteiger partial charge in [0, 0.05) is 17.8 Å². The molecule has 1 aromatic heterocycles. The Bertz CT molecular complexity index is 193. The molecule has 0 aliphatic rings. The summed E-state index contributed by atoms with van der Waals surface area (Å²) >= 11 is 0. The number of aromatic nitrogens is 1. The van der Waals surface area contributed by atoms with Crippen LogP contribution in [-0.4, -0.2) is 4.98 Å². The number of H-pyrrole nitrogens is 1. The normalized spacial score (nSPS) is 13.7. The third kappa shape index (κ3) is 1.10. The Hall–Kier alpha value is -0.830. The van der Waals surface area contributed by atoms with Crippen LogP contribution in [0.1, 0.15) is 18.5 Å². The van der Waals surface area contributed by atoms with Crippen molar-refractivity contribution in [2.75, 3.05) is 0 Å². The molecule has 1 aromatic rings. The Morgan fingerprint density at radius 2 is 2.44 bits per heavy atom. The quantitative estimate of drug-likeness (QED) is 0.585. The average molecular weight is 128 g/mol. The first-order valence-electron chi connectivity index (χ1n) is 2.80. The maximum Gasteiger partial charge on any atom is 0.195 e. The van der Waals surface area contributed by atoms with Crippen molar-refractivity contribution in [3.63, 3.8) is 0 Å². The number of rotatable bonds is 1. The molecule has 0 bridgehead atoms. The van der Waals surface area contributed by atoms with Crippen LogP contribution in [0.25, 0.3) is 0 Å². The van der Waals surface area contributed by atoms with E-state index in [-0.39, 0.29) is 12.0 Å². The van der Waals surface area contributed by atoms with Gasteiger partial charge in [0.05, 0.1) is 0 Å². The largest absolute Gasteiger partial charge is 0.338 e. The van der Waals surface area contributed by atoms with Crippen molar-refractivity contribution in [1.82, 2.24) is 4.98 Å². The first-order valence-corrected chi connectivity index (χ1v) is 2.80. The van der Waals surface area contributed by atoms with E-state index >= 15 is 0 Å². The molecule has 0 unspecified atom stereocenters. The van der Waals surface area contributed by atoms with Crippen molar-refractivity contribution in [3.05, 3.63) is 23.8 Å². The van der Waals surface area contributed by atoms with E-state index < -0.39 is 0 Å². The lowest BCUT2D eigenvalue weighted by molar-refractivity contribution is 0.564. The van der Waals surface area contributed by atoms with Gasteiger partial charge < -0.3 is 10.7 Å². The monoisotopic (exact) mass is 128 g/mol. The third-order valence-corrected chi connectivity index (χ3v) is 1.22. The summed E-state index contributed by atoms with van der Waals surface area (Å²) < 4.78 is 12.5. The van der Waals surface area contributed by atoms with Gasteiger partial charge in [-0.3, -0.25) is 0 Å². The highest BCUT2D eigenvalue weighted by molar-refractivity contribution is 5.14. The Balaban J connectivity index is 2.94. The van der Waals surface area contributed by atoms with E-state index in [1.54, 1.807) is 13.0 Å². The lowest BCUT2D eigenvalue weighted by Gasteiger charge is -1.98. The van der Waals surface area contributed by atoms with Gasteiger partial charge in [-0.05, 0) is 13.0 Å². The fourth-order valence-electron chi connectivity index (χ4n) is 0.713. The molecule has 1 rings (SSSR count). The van der Waals surface area contributed by atoms with Gasteiger partial charge in [-0.1, -0.05) is 0 Å². The summed E-state index contributed by atoms with van der Waals surface area (Å²) in [6.45, 7) is 1.74. The summed E-state index contributed by atoms with van der Waals surface area (Å²) in [5, 5.41) is 0. The highest BCUT2D eigenvalue weighted by atomic mass is 19.1. The average Bonchev–Trinajstić information content (AvgIpc) is 2.13. The molecule has 9 heavy (non-hydrogen) atoms. The van der Waals surface area contributed by atoms with Crippen LogP contribution < -0.4 is 5.73 Å².